The van der Waals surface area contributed by atoms with Crippen LogP contribution < -0.4 is 5.32 Å². The van der Waals surface area contributed by atoms with E-state index in [1.807, 2.05) is 49.4 Å². The first-order valence-electron chi connectivity index (χ1n) is 11.5. The van der Waals surface area contributed by atoms with Crippen LogP contribution in [0.3, 0.4) is 0 Å². The lowest BCUT2D eigenvalue weighted by Crippen LogP contribution is -2.29. The van der Waals surface area contributed by atoms with E-state index in [2.05, 4.69) is 5.32 Å². The van der Waals surface area contributed by atoms with Gasteiger partial charge in [-0.2, -0.15) is 0 Å². The van der Waals surface area contributed by atoms with Crippen molar-refractivity contribution in [2.45, 2.75) is 31.7 Å². The van der Waals surface area contributed by atoms with Crippen molar-refractivity contribution in [3.63, 3.8) is 0 Å². The number of benzene rings is 3. The number of aryl methyl sites for hydroxylation is 1. The molecule has 1 fully saturated rings. The van der Waals surface area contributed by atoms with Crippen LogP contribution in [0.15, 0.2) is 60.7 Å². The predicted octanol–water partition coefficient (Wildman–Crippen LogP) is 4.35. The van der Waals surface area contributed by atoms with Gasteiger partial charge in [0.25, 0.3) is 0 Å². The summed E-state index contributed by atoms with van der Waals surface area (Å²) in [5.74, 6) is -0.632. The van der Waals surface area contributed by atoms with Crippen molar-refractivity contribution in [2.75, 3.05) is 26.1 Å². The number of ether oxygens (including phenoxy) is 1. The number of nitrogens with zero attached hydrogens (tertiary/aromatic N) is 1. The van der Waals surface area contributed by atoms with Gasteiger partial charge in [0.05, 0.1) is 5.41 Å². The van der Waals surface area contributed by atoms with Crippen LogP contribution in [0.1, 0.15) is 29.5 Å². The molecule has 0 aliphatic heterocycles. The normalized spacial score (nSPS) is 13.8. The molecule has 35 heavy (non-hydrogen) atoms. The number of methoxy groups -OCH3 is 1. The second kappa shape index (κ2) is 9.80. The van der Waals surface area contributed by atoms with Gasteiger partial charge >= 0.3 is 0 Å². The van der Waals surface area contributed by atoms with E-state index in [9.17, 15) is 19.8 Å². The van der Waals surface area contributed by atoms with Crippen molar-refractivity contribution < 1.29 is 24.5 Å². The van der Waals surface area contributed by atoms with Crippen LogP contribution in [-0.4, -0.2) is 47.7 Å². The minimum Gasteiger partial charge on any atom is -0.504 e. The quantitative estimate of drug-likeness (QED) is 0.422. The lowest BCUT2D eigenvalue weighted by atomic mass is 9.94. The first kappa shape index (κ1) is 24.3. The Hall–Kier alpha value is -3.84. The highest BCUT2D eigenvalue weighted by molar-refractivity contribution is 6.02. The van der Waals surface area contributed by atoms with E-state index < -0.39 is 5.41 Å². The van der Waals surface area contributed by atoms with E-state index >= 15 is 0 Å². The largest absolute Gasteiger partial charge is 0.504 e. The lowest BCUT2D eigenvalue weighted by molar-refractivity contribution is -0.134. The van der Waals surface area contributed by atoms with E-state index in [0.717, 1.165) is 22.3 Å². The molecule has 0 heterocycles. The van der Waals surface area contributed by atoms with Crippen molar-refractivity contribution in [2.24, 2.45) is 0 Å². The van der Waals surface area contributed by atoms with Crippen molar-refractivity contribution >= 4 is 17.5 Å². The molecule has 3 N–H and O–H groups in total. The average molecular weight is 475 g/mol. The number of phenolic OH excluding ortho intramolecular Hbond substituents is 2. The van der Waals surface area contributed by atoms with E-state index in [-0.39, 0.29) is 29.9 Å². The van der Waals surface area contributed by atoms with Crippen molar-refractivity contribution in [1.29, 1.82) is 0 Å². The molecule has 0 saturated heterocycles. The maximum absolute atomic E-state index is 13.2. The van der Waals surface area contributed by atoms with E-state index in [1.54, 1.807) is 18.0 Å². The molecule has 1 aliphatic rings. The molecule has 1 saturated carbocycles. The topological polar surface area (TPSA) is 99.1 Å². The summed E-state index contributed by atoms with van der Waals surface area (Å²) < 4.78 is 4.91. The monoisotopic (exact) mass is 474 g/mol. The number of nitrogens with one attached hydrogen (secondary N) is 1. The highest BCUT2D eigenvalue weighted by Gasteiger charge is 2.51. The van der Waals surface area contributed by atoms with Crippen LogP contribution in [0.4, 0.5) is 5.69 Å². The Kier molecular flexibility index (Phi) is 6.80. The molecule has 0 bridgehead atoms. The van der Waals surface area contributed by atoms with Crippen LogP contribution >= 0.6 is 0 Å². The summed E-state index contributed by atoms with van der Waals surface area (Å²) in [6, 6.07) is 18.4. The van der Waals surface area contributed by atoms with Gasteiger partial charge in [0.2, 0.25) is 11.8 Å². The first-order valence-corrected chi connectivity index (χ1v) is 11.5. The fourth-order valence-electron chi connectivity index (χ4n) is 4.24. The van der Waals surface area contributed by atoms with Crippen LogP contribution in [-0.2, 0) is 26.3 Å². The molecule has 0 spiro atoms. The molecule has 3 aromatic rings. The number of carbonyl (C=O) groups excluding carboxylic acids is 2. The van der Waals surface area contributed by atoms with Crippen molar-refractivity contribution in [3.8, 4) is 22.6 Å². The third-order valence-corrected chi connectivity index (χ3v) is 6.59. The highest BCUT2D eigenvalue weighted by Crippen LogP contribution is 2.50. The molecular formula is C28H30N2O5. The Bertz CT molecular complexity index is 1250. The molecule has 3 aromatic carbocycles. The summed E-state index contributed by atoms with van der Waals surface area (Å²) in [5.41, 5.74) is 4.80. The third kappa shape index (κ3) is 5.15. The maximum Gasteiger partial charge on any atom is 0.248 e. The Morgan fingerprint density at radius 3 is 2.34 bits per heavy atom. The smallest absolute Gasteiger partial charge is 0.248 e. The average Bonchev–Trinajstić information content (AvgIpc) is 3.65. The molecule has 7 heteroatoms. The van der Waals surface area contributed by atoms with E-state index in [0.29, 0.717) is 30.6 Å². The Balaban J connectivity index is 1.50. The molecule has 0 aromatic heterocycles. The Labute approximate surface area is 205 Å². The summed E-state index contributed by atoms with van der Waals surface area (Å²) >= 11 is 0. The molecule has 0 atom stereocenters. The van der Waals surface area contributed by atoms with Crippen LogP contribution in [0.2, 0.25) is 0 Å². The number of hydrogen-bond acceptors (Lipinski definition) is 5. The van der Waals surface area contributed by atoms with Gasteiger partial charge in [-0.1, -0.05) is 36.4 Å². The second-order valence-corrected chi connectivity index (χ2v) is 9.15. The standard InChI is InChI=1S/C28H30N2O5/c1-18-4-10-22(29-27(34)28(12-13-28)21-9-11-24(31)25(32)14-21)15-23(18)20-7-5-19(6-8-20)16-30(2)26(33)17-35-3/h4-11,14-15,31-32H,12-13,16-17H2,1-3H3,(H,29,34). The lowest BCUT2D eigenvalue weighted by Gasteiger charge is -2.18. The minimum absolute atomic E-state index is 0.0570. The van der Waals surface area contributed by atoms with Gasteiger partial charge in [0.15, 0.2) is 11.5 Å². The van der Waals surface area contributed by atoms with Crippen molar-refractivity contribution in [3.05, 3.63) is 77.4 Å². The summed E-state index contributed by atoms with van der Waals surface area (Å²) in [5, 5.41) is 22.5. The zero-order valence-electron chi connectivity index (χ0n) is 20.2. The first-order chi connectivity index (χ1) is 16.7. The molecular weight excluding hydrogens is 444 g/mol. The highest BCUT2D eigenvalue weighted by atomic mass is 16.5. The molecule has 0 radical (unpaired) electrons. The van der Waals surface area contributed by atoms with Crippen LogP contribution in [0, 0.1) is 6.92 Å². The summed E-state index contributed by atoms with van der Waals surface area (Å²) in [7, 11) is 3.25. The number of rotatable bonds is 8. The zero-order chi connectivity index (χ0) is 25.2. The zero-order valence-corrected chi connectivity index (χ0v) is 20.2. The minimum atomic E-state index is -0.690. The molecule has 182 valence electrons. The number of aromatic hydroxyl groups is 2. The summed E-state index contributed by atoms with van der Waals surface area (Å²) in [6.07, 6.45) is 1.37. The number of carbonyl (C=O) groups is 2. The predicted molar refractivity (Wildman–Crippen MR) is 134 cm³/mol. The summed E-state index contributed by atoms with van der Waals surface area (Å²) in [6.45, 7) is 2.57. The van der Waals surface area contributed by atoms with Gasteiger partial charge in [0.1, 0.15) is 6.61 Å². The number of amides is 2. The number of anilines is 1. The number of hydrogen-bond donors (Lipinski definition) is 3. The molecule has 1 aliphatic carbocycles. The molecule has 0 unspecified atom stereocenters. The van der Waals surface area contributed by atoms with Gasteiger partial charge in [0, 0.05) is 26.4 Å². The SMILES string of the molecule is COCC(=O)N(C)Cc1ccc(-c2cc(NC(=O)C3(c4ccc(O)c(O)c4)CC3)ccc2C)cc1. The summed E-state index contributed by atoms with van der Waals surface area (Å²) in [4.78, 5) is 26.8. The van der Waals surface area contributed by atoms with Crippen molar-refractivity contribution in [1.82, 2.24) is 4.90 Å². The van der Waals surface area contributed by atoms with Gasteiger partial charge < -0.3 is 25.2 Å². The number of phenols is 2. The maximum atomic E-state index is 13.2. The third-order valence-electron chi connectivity index (χ3n) is 6.59. The fraction of sp³-hybridized carbons (Fsp3) is 0.286. The Morgan fingerprint density at radius 2 is 1.71 bits per heavy atom. The van der Waals surface area contributed by atoms with Crippen LogP contribution in [0.25, 0.3) is 11.1 Å². The molecule has 7 nitrogen and oxygen atoms in total. The number of likely N-dealkylation sites (N-methyl/N-ethyl adjacent to an activating group) is 1. The van der Waals surface area contributed by atoms with E-state index in [4.69, 9.17) is 4.74 Å². The molecule has 2 amide bonds. The molecule has 4 rings (SSSR count). The van der Waals surface area contributed by atoms with Gasteiger partial charge in [-0.15, -0.1) is 0 Å². The second-order valence-electron chi connectivity index (χ2n) is 9.15. The van der Waals surface area contributed by atoms with Gasteiger partial charge in [-0.25, -0.2) is 0 Å². The van der Waals surface area contributed by atoms with E-state index in [1.165, 1.54) is 19.2 Å². The van der Waals surface area contributed by atoms with Crippen LogP contribution in [0.5, 0.6) is 11.5 Å². The Morgan fingerprint density at radius 1 is 1.00 bits per heavy atom. The van der Waals surface area contributed by atoms with Gasteiger partial charge in [-0.05, 0) is 71.8 Å². The fourth-order valence-corrected chi connectivity index (χ4v) is 4.24. The van der Waals surface area contributed by atoms with Gasteiger partial charge in [-0.3, -0.25) is 9.59 Å².